The summed E-state index contributed by atoms with van der Waals surface area (Å²) >= 11 is 1.74. The highest BCUT2D eigenvalue weighted by atomic mass is 32.2. The number of carbonyl (C=O) groups excluding carboxylic acids is 3. The van der Waals surface area contributed by atoms with Crippen LogP contribution in [0, 0.1) is 0 Å². The number of hydrogen-bond acceptors (Lipinski definition) is 6. The van der Waals surface area contributed by atoms with Crippen molar-refractivity contribution in [3.8, 4) is 5.75 Å². The van der Waals surface area contributed by atoms with Gasteiger partial charge < -0.3 is 19.7 Å². The summed E-state index contributed by atoms with van der Waals surface area (Å²) in [6, 6.07) is 18.3. The number of fused-ring (bicyclic) bond motifs is 1. The third kappa shape index (κ3) is 6.03. The van der Waals surface area contributed by atoms with E-state index in [-0.39, 0.29) is 21.9 Å². The van der Waals surface area contributed by atoms with Crippen LogP contribution < -0.4 is 10.1 Å². The Bertz CT molecular complexity index is 923. The second-order valence-electron chi connectivity index (χ2n) is 8.19. The molecule has 2 saturated heterocycles. The van der Waals surface area contributed by atoms with Crippen molar-refractivity contribution in [3.63, 3.8) is 0 Å². The second kappa shape index (κ2) is 10.5. The molecule has 0 bridgehead atoms. The lowest BCUT2D eigenvalue weighted by Gasteiger charge is -2.41. The number of carbonyl (C=O) groups is 3. The van der Waals surface area contributed by atoms with Crippen molar-refractivity contribution < 1.29 is 23.9 Å². The molecule has 2 amide bonds. The Morgan fingerprint density at radius 3 is 2.44 bits per heavy atom. The van der Waals surface area contributed by atoms with Gasteiger partial charge in [-0.1, -0.05) is 48.5 Å². The summed E-state index contributed by atoms with van der Waals surface area (Å²) in [5.41, 5.74) is 1.01. The molecule has 0 spiro atoms. The van der Waals surface area contributed by atoms with Gasteiger partial charge in [0, 0.05) is 11.3 Å². The highest BCUT2D eigenvalue weighted by Crippen LogP contribution is 2.46. The smallest absolute Gasteiger partial charge is 0.293 e. The van der Waals surface area contributed by atoms with Crippen LogP contribution in [0.4, 0.5) is 0 Å². The minimum Gasteiger partial charge on any atom is -0.481 e. The molecule has 1 N–H and O–H groups in total. The van der Waals surface area contributed by atoms with Gasteiger partial charge in [0.05, 0.1) is 0 Å². The molecule has 0 aliphatic carbocycles. The van der Waals surface area contributed by atoms with Crippen molar-refractivity contribution in [2.45, 2.75) is 49.6 Å². The van der Waals surface area contributed by atoms with Crippen LogP contribution in [0.25, 0.3) is 0 Å². The Kier molecular flexibility index (Phi) is 7.80. The number of thioether (sulfide) groups is 1. The van der Waals surface area contributed by atoms with E-state index in [2.05, 4.69) is 23.9 Å². The maximum absolute atomic E-state index is 12.2. The first-order valence-corrected chi connectivity index (χ1v) is 11.3. The standard InChI is InChI=1S/C16H20N2O3S.C8H8O2/c1-10(21-11-7-5-4-6-8-11)13(19)17-12-14(20)18-9-16(2,3)22-15(12)18;9-7-10-6-8-4-2-1-3-5-8/h4-8,10,12,15H,9H2,1-3H3,(H,17,19);1-5,7H,6H2. The van der Waals surface area contributed by atoms with Gasteiger partial charge in [-0.25, -0.2) is 0 Å². The van der Waals surface area contributed by atoms with Gasteiger partial charge >= 0.3 is 0 Å². The van der Waals surface area contributed by atoms with Crippen LogP contribution >= 0.6 is 11.8 Å². The van der Waals surface area contributed by atoms with Gasteiger partial charge in [-0.3, -0.25) is 14.4 Å². The van der Waals surface area contributed by atoms with Crippen molar-refractivity contribution in [3.05, 3.63) is 66.2 Å². The van der Waals surface area contributed by atoms with Crippen LogP contribution in [0.1, 0.15) is 26.3 Å². The number of nitrogens with zero attached hydrogens (tertiary/aromatic N) is 1. The molecular formula is C24H28N2O5S. The summed E-state index contributed by atoms with van der Waals surface area (Å²) in [6.45, 7) is 7.47. The van der Waals surface area contributed by atoms with E-state index in [0.717, 1.165) is 12.1 Å². The van der Waals surface area contributed by atoms with Gasteiger partial charge in [0.1, 0.15) is 23.8 Å². The molecule has 4 rings (SSSR count). The average molecular weight is 457 g/mol. The molecule has 3 unspecified atom stereocenters. The van der Waals surface area contributed by atoms with Gasteiger partial charge in [-0.05, 0) is 38.5 Å². The molecule has 2 aliphatic rings. The van der Waals surface area contributed by atoms with Crippen molar-refractivity contribution >= 4 is 30.0 Å². The van der Waals surface area contributed by atoms with Crippen LogP contribution in [0.3, 0.4) is 0 Å². The fraction of sp³-hybridized carbons (Fsp3) is 0.375. The molecule has 7 nitrogen and oxygen atoms in total. The molecule has 32 heavy (non-hydrogen) atoms. The maximum Gasteiger partial charge on any atom is 0.293 e. The number of hydrogen-bond donors (Lipinski definition) is 1. The minimum atomic E-state index is -0.635. The van der Waals surface area contributed by atoms with Crippen LogP contribution in [-0.2, 0) is 25.7 Å². The van der Waals surface area contributed by atoms with Crippen LogP contribution in [0.15, 0.2) is 60.7 Å². The van der Waals surface area contributed by atoms with Crippen molar-refractivity contribution in [1.82, 2.24) is 10.2 Å². The molecule has 2 aliphatic heterocycles. The molecule has 2 heterocycles. The van der Waals surface area contributed by atoms with Gasteiger partial charge in [-0.15, -0.1) is 11.8 Å². The summed E-state index contributed by atoms with van der Waals surface area (Å²) in [5.74, 6) is 0.388. The maximum atomic E-state index is 12.2. The van der Waals surface area contributed by atoms with Crippen LogP contribution in [0.2, 0.25) is 0 Å². The number of benzene rings is 2. The zero-order chi connectivity index (χ0) is 23.1. The van der Waals surface area contributed by atoms with E-state index in [0.29, 0.717) is 18.8 Å². The Morgan fingerprint density at radius 2 is 1.81 bits per heavy atom. The minimum absolute atomic E-state index is 0.00309. The van der Waals surface area contributed by atoms with Crippen molar-refractivity contribution in [1.29, 1.82) is 0 Å². The first-order chi connectivity index (χ1) is 15.3. The molecule has 2 aromatic rings. The van der Waals surface area contributed by atoms with E-state index in [9.17, 15) is 14.4 Å². The van der Waals surface area contributed by atoms with Crippen LogP contribution in [-0.4, -0.2) is 52.0 Å². The SMILES string of the molecule is CC(Oc1ccccc1)C(=O)NC1C(=O)N2CC(C)(C)SC12.O=COCc1ccccc1. The van der Waals surface area contributed by atoms with Gasteiger partial charge in [0.15, 0.2) is 6.10 Å². The second-order valence-corrected chi connectivity index (χ2v) is 10.0. The van der Waals surface area contributed by atoms with Crippen molar-refractivity contribution in [2.24, 2.45) is 0 Å². The first kappa shape index (κ1) is 23.7. The number of ether oxygens (including phenoxy) is 2. The summed E-state index contributed by atoms with van der Waals surface area (Å²) in [7, 11) is 0. The number of para-hydroxylation sites is 1. The molecule has 2 fully saturated rings. The molecule has 3 atom stereocenters. The average Bonchev–Trinajstić information content (AvgIpc) is 3.09. The van der Waals surface area contributed by atoms with E-state index < -0.39 is 12.1 Å². The first-order valence-electron chi connectivity index (χ1n) is 10.4. The number of nitrogens with one attached hydrogen (secondary N) is 1. The van der Waals surface area contributed by atoms with Gasteiger partial charge in [-0.2, -0.15) is 0 Å². The van der Waals surface area contributed by atoms with E-state index >= 15 is 0 Å². The molecular weight excluding hydrogens is 428 g/mol. The molecule has 170 valence electrons. The van der Waals surface area contributed by atoms with E-state index in [1.54, 1.807) is 30.8 Å². The van der Waals surface area contributed by atoms with E-state index in [4.69, 9.17) is 4.74 Å². The van der Waals surface area contributed by atoms with Gasteiger partial charge in [0.25, 0.3) is 12.4 Å². The highest BCUT2D eigenvalue weighted by Gasteiger charge is 2.56. The predicted molar refractivity (Wildman–Crippen MR) is 123 cm³/mol. The third-order valence-electron chi connectivity index (χ3n) is 5.02. The highest BCUT2D eigenvalue weighted by molar-refractivity contribution is 8.01. The Hall–Kier alpha value is -3.00. The van der Waals surface area contributed by atoms with Gasteiger partial charge in [0.2, 0.25) is 5.91 Å². The quantitative estimate of drug-likeness (QED) is 0.509. The molecule has 2 aromatic carbocycles. The summed E-state index contributed by atoms with van der Waals surface area (Å²) in [6.07, 6.45) is -0.635. The largest absolute Gasteiger partial charge is 0.481 e. The Balaban J connectivity index is 0.000000243. The normalized spacial score (nSPS) is 21.2. The van der Waals surface area contributed by atoms with E-state index in [1.807, 2.05) is 53.4 Å². The number of amides is 2. The zero-order valence-electron chi connectivity index (χ0n) is 18.4. The molecule has 0 saturated carbocycles. The monoisotopic (exact) mass is 456 g/mol. The zero-order valence-corrected chi connectivity index (χ0v) is 19.2. The lowest BCUT2D eigenvalue weighted by Crippen LogP contribution is -2.68. The van der Waals surface area contributed by atoms with Crippen molar-refractivity contribution in [2.75, 3.05) is 6.54 Å². The topological polar surface area (TPSA) is 84.9 Å². The summed E-state index contributed by atoms with van der Waals surface area (Å²) in [4.78, 5) is 35.9. The third-order valence-corrected chi connectivity index (χ3v) is 6.55. The summed E-state index contributed by atoms with van der Waals surface area (Å²) in [5, 5.41) is 2.87. The van der Waals surface area contributed by atoms with E-state index in [1.165, 1.54) is 0 Å². The fourth-order valence-electron chi connectivity index (χ4n) is 3.46. The summed E-state index contributed by atoms with van der Waals surface area (Å²) < 4.78 is 10.2. The lowest BCUT2D eigenvalue weighted by atomic mass is 10.0. The Morgan fingerprint density at radius 1 is 1.19 bits per heavy atom. The molecule has 8 heteroatoms. The van der Waals surface area contributed by atoms with Crippen LogP contribution in [0.5, 0.6) is 5.75 Å². The molecule has 0 aromatic heterocycles. The Labute approximate surface area is 192 Å². The lowest BCUT2D eigenvalue weighted by molar-refractivity contribution is -0.149. The number of β-lactam (4-membered cyclic amide) rings is 1. The predicted octanol–water partition coefficient (Wildman–Crippen LogP) is 2.99. The fourth-order valence-corrected chi connectivity index (χ4v) is 4.96. The number of rotatable bonds is 7. The molecule has 0 radical (unpaired) electrons.